The number of hydrogen-bond acceptors (Lipinski definition) is 6. The minimum atomic E-state index is -0.487. The molecule has 9 heteroatoms. The highest BCUT2D eigenvalue weighted by atomic mass is 16.6. The molecule has 3 heterocycles. The molecule has 204 valence electrons. The normalized spacial score (nSPS) is 25.3. The molecule has 3 aliphatic rings. The summed E-state index contributed by atoms with van der Waals surface area (Å²) in [7, 11) is 0. The largest absolute Gasteiger partial charge is 0.460 e. The van der Waals surface area contributed by atoms with E-state index in [2.05, 4.69) is 5.32 Å². The Morgan fingerprint density at radius 2 is 1.68 bits per heavy atom. The Labute approximate surface area is 223 Å². The summed E-state index contributed by atoms with van der Waals surface area (Å²) in [6.45, 7) is 6.87. The smallest absolute Gasteiger partial charge is 0.309 e. The summed E-state index contributed by atoms with van der Waals surface area (Å²) >= 11 is 0. The molecule has 3 amide bonds. The van der Waals surface area contributed by atoms with Gasteiger partial charge in [0, 0.05) is 37.0 Å². The number of carbonyl (C=O) groups excluding carboxylic acids is 4. The van der Waals surface area contributed by atoms with E-state index < -0.39 is 5.60 Å². The number of nitrogens with zero attached hydrogens (tertiary/aromatic N) is 3. The van der Waals surface area contributed by atoms with Crippen molar-refractivity contribution in [2.75, 3.05) is 13.1 Å². The Bertz CT molecular complexity index is 1230. The second-order valence-corrected chi connectivity index (χ2v) is 12.1. The summed E-state index contributed by atoms with van der Waals surface area (Å²) in [4.78, 5) is 51.3. The molecule has 1 unspecified atom stereocenters. The number of aromatic nitrogens is 2. The van der Waals surface area contributed by atoms with E-state index in [1.807, 2.05) is 54.7 Å². The Hall–Kier alpha value is -3.23. The van der Waals surface area contributed by atoms with Crippen LogP contribution in [0.4, 0.5) is 0 Å². The number of carbonyl (C=O) groups is 4. The van der Waals surface area contributed by atoms with Crippen LogP contribution in [0.15, 0.2) is 24.4 Å². The first-order valence-electron chi connectivity index (χ1n) is 13.9. The first-order chi connectivity index (χ1) is 18.1. The summed E-state index contributed by atoms with van der Waals surface area (Å²) in [5.74, 6) is -0.792. The maximum Gasteiger partial charge on any atom is 0.309 e. The van der Waals surface area contributed by atoms with Crippen molar-refractivity contribution in [1.82, 2.24) is 20.0 Å². The van der Waals surface area contributed by atoms with Gasteiger partial charge in [-0.15, -0.1) is 0 Å². The van der Waals surface area contributed by atoms with Crippen molar-refractivity contribution >= 4 is 34.6 Å². The second kappa shape index (κ2) is 10.5. The molecule has 1 aromatic carbocycles. The number of amides is 3. The first-order valence-corrected chi connectivity index (χ1v) is 13.9. The SMILES string of the molecule is CC(C)(C)OC(=O)C1CCN(C(=O)[C@H]2CC[C@H](n3cc4cc(C5CCC(=O)NC5=O)ccc4n3)CC2)CC1. The number of hydrogen-bond donors (Lipinski definition) is 1. The van der Waals surface area contributed by atoms with Gasteiger partial charge in [-0.25, -0.2) is 0 Å². The van der Waals surface area contributed by atoms with Crippen LogP contribution >= 0.6 is 0 Å². The van der Waals surface area contributed by atoms with Gasteiger partial charge in [0.25, 0.3) is 0 Å². The summed E-state index contributed by atoms with van der Waals surface area (Å²) in [6.07, 6.45) is 7.68. The Balaban J connectivity index is 1.15. The van der Waals surface area contributed by atoms with Gasteiger partial charge in [0.1, 0.15) is 5.60 Å². The van der Waals surface area contributed by atoms with Crippen LogP contribution in [-0.2, 0) is 23.9 Å². The van der Waals surface area contributed by atoms with Crippen molar-refractivity contribution in [2.24, 2.45) is 11.8 Å². The molecule has 1 N–H and O–H groups in total. The standard InChI is InChI=1S/C29H38N4O5/c1-29(2,3)38-28(37)19-12-14-32(15-13-19)27(36)18-4-7-22(8-5-18)33-17-21-16-20(6-10-24(21)31-33)23-9-11-25(34)30-26(23)35/h6,10,16-19,22-23H,4-5,7-9,11-15H2,1-3H3,(H,30,34,35)/t18-,22-,23?. The maximum absolute atomic E-state index is 13.2. The number of rotatable bonds is 4. The molecule has 0 radical (unpaired) electrons. The summed E-state index contributed by atoms with van der Waals surface area (Å²) in [5.41, 5.74) is 1.30. The van der Waals surface area contributed by atoms with Crippen LogP contribution in [0, 0.1) is 11.8 Å². The van der Waals surface area contributed by atoms with E-state index in [4.69, 9.17) is 9.84 Å². The van der Waals surface area contributed by atoms with Gasteiger partial charge >= 0.3 is 5.97 Å². The average molecular weight is 523 g/mol. The molecule has 3 fully saturated rings. The van der Waals surface area contributed by atoms with Gasteiger partial charge in [-0.05, 0) is 83.4 Å². The van der Waals surface area contributed by atoms with Gasteiger partial charge in [0.15, 0.2) is 0 Å². The van der Waals surface area contributed by atoms with Gasteiger partial charge in [0.2, 0.25) is 17.7 Å². The molecule has 1 atom stereocenters. The zero-order valence-corrected chi connectivity index (χ0v) is 22.6. The van der Waals surface area contributed by atoms with Gasteiger partial charge in [-0.2, -0.15) is 5.10 Å². The number of piperidine rings is 2. The summed E-state index contributed by atoms with van der Waals surface area (Å²) in [5, 5.41) is 8.21. The summed E-state index contributed by atoms with van der Waals surface area (Å²) < 4.78 is 7.55. The maximum atomic E-state index is 13.2. The number of nitrogens with one attached hydrogen (secondary N) is 1. The van der Waals surface area contributed by atoms with E-state index in [-0.39, 0.29) is 47.5 Å². The van der Waals surface area contributed by atoms with Crippen LogP contribution in [0.2, 0.25) is 0 Å². The monoisotopic (exact) mass is 522 g/mol. The zero-order chi connectivity index (χ0) is 27.0. The minimum absolute atomic E-state index is 0.0217. The van der Waals surface area contributed by atoms with Crippen molar-refractivity contribution < 1.29 is 23.9 Å². The van der Waals surface area contributed by atoms with Crippen molar-refractivity contribution in [3.05, 3.63) is 30.0 Å². The molecular weight excluding hydrogens is 484 g/mol. The van der Waals surface area contributed by atoms with Gasteiger partial charge < -0.3 is 9.64 Å². The third kappa shape index (κ3) is 5.76. The quantitative estimate of drug-likeness (QED) is 0.482. The lowest BCUT2D eigenvalue weighted by Crippen LogP contribution is -2.44. The van der Waals surface area contributed by atoms with E-state index in [1.54, 1.807) is 0 Å². The number of esters is 1. The topological polar surface area (TPSA) is 111 Å². The average Bonchev–Trinajstić information content (AvgIpc) is 3.31. The van der Waals surface area contributed by atoms with Crippen LogP contribution in [0.3, 0.4) is 0 Å². The van der Waals surface area contributed by atoms with Crippen LogP contribution in [0.1, 0.15) is 89.7 Å². The van der Waals surface area contributed by atoms with Crippen LogP contribution < -0.4 is 5.32 Å². The molecule has 2 aromatic rings. The van der Waals surface area contributed by atoms with Crippen molar-refractivity contribution in [2.45, 2.75) is 89.7 Å². The van der Waals surface area contributed by atoms with Gasteiger partial charge in [-0.1, -0.05) is 6.07 Å². The molecule has 0 spiro atoms. The molecule has 2 aliphatic heterocycles. The van der Waals surface area contributed by atoms with E-state index in [0.29, 0.717) is 38.8 Å². The molecule has 9 nitrogen and oxygen atoms in total. The van der Waals surface area contributed by atoms with Crippen molar-refractivity contribution in [1.29, 1.82) is 0 Å². The zero-order valence-electron chi connectivity index (χ0n) is 22.6. The molecule has 1 aliphatic carbocycles. The fraction of sp³-hybridized carbons (Fsp3) is 0.621. The number of fused-ring (bicyclic) bond motifs is 1. The Morgan fingerprint density at radius 1 is 0.974 bits per heavy atom. The molecule has 1 saturated carbocycles. The summed E-state index contributed by atoms with van der Waals surface area (Å²) in [6, 6.07) is 6.13. The lowest BCUT2D eigenvalue weighted by molar-refractivity contribution is -0.162. The predicted molar refractivity (Wildman–Crippen MR) is 141 cm³/mol. The molecule has 0 bridgehead atoms. The third-order valence-electron chi connectivity index (χ3n) is 8.15. The third-order valence-corrected chi connectivity index (χ3v) is 8.15. The Morgan fingerprint density at radius 3 is 2.34 bits per heavy atom. The Kier molecular flexibility index (Phi) is 7.29. The molecule has 1 aromatic heterocycles. The van der Waals surface area contributed by atoms with Gasteiger partial charge in [0.05, 0.1) is 23.4 Å². The van der Waals surface area contributed by atoms with Crippen molar-refractivity contribution in [3.63, 3.8) is 0 Å². The fourth-order valence-corrected chi connectivity index (χ4v) is 6.04. The van der Waals surface area contributed by atoms with Crippen LogP contribution in [0.25, 0.3) is 10.9 Å². The molecule has 38 heavy (non-hydrogen) atoms. The van der Waals surface area contributed by atoms with Crippen molar-refractivity contribution in [3.8, 4) is 0 Å². The predicted octanol–water partition coefficient (Wildman–Crippen LogP) is 3.87. The van der Waals surface area contributed by atoms with E-state index in [1.165, 1.54) is 0 Å². The molecule has 5 rings (SSSR count). The number of likely N-dealkylation sites (tertiary alicyclic amines) is 1. The van der Waals surface area contributed by atoms with Crippen LogP contribution in [0.5, 0.6) is 0 Å². The number of imide groups is 1. The second-order valence-electron chi connectivity index (χ2n) is 12.1. The number of benzene rings is 1. The van der Waals surface area contributed by atoms with Gasteiger partial charge in [-0.3, -0.25) is 29.2 Å². The molecular formula is C29H38N4O5. The highest BCUT2D eigenvalue weighted by molar-refractivity contribution is 6.01. The minimum Gasteiger partial charge on any atom is -0.460 e. The van der Waals surface area contributed by atoms with Crippen LogP contribution in [-0.4, -0.2) is 57.1 Å². The highest BCUT2D eigenvalue weighted by Crippen LogP contribution is 2.35. The number of ether oxygens (including phenoxy) is 1. The van der Waals surface area contributed by atoms with E-state index in [9.17, 15) is 19.2 Å². The highest BCUT2D eigenvalue weighted by Gasteiger charge is 2.35. The van der Waals surface area contributed by atoms with E-state index in [0.717, 1.165) is 42.1 Å². The molecule has 2 saturated heterocycles. The lowest BCUT2D eigenvalue weighted by Gasteiger charge is -2.36. The van der Waals surface area contributed by atoms with E-state index >= 15 is 0 Å². The first kappa shape index (κ1) is 26.4. The lowest BCUT2D eigenvalue weighted by atomic mass is 9.84. The fourth-order valence-electron chi connectivity index (χ4n) is 6.04.